The lowest BCUT2D eigenvalue weighted by molar-refractivity contribution is 0.311. The number of nitrogens with zero attached hydrogens (tertiary/aromatic N) is 4. The van der Waals surface area contributed by atoms with E-state index in [0.717, 1.165) is 17.7 Å². The molecule has 104 valence electrons. The molecule has 0 saturated carbocycles. The van der Waals surface area contributed by atoms with Gasteiger partial charge in [0.25, 0.3) is 0 Å². The van der Waals surface area contributed by atoms with Crippen LogP contribution in [0.5, 0.6) is 6.01 Å². The van der Waals surface area contributed by atoms with Crippen molar-refractivity contribution in [3.63, 3.8) is 0 Å². The number of fused-ring (bicyclic) bond motifs is 1. The van der Waals surface area contributed by atoms with Gasteiger partial charge in [-0.25, -0.2) is 4.39 Å². The minimum absolute atomic E-state index is 0.0586. The number of ether oxygens (including phenoxy) is 1. The monoisotopic (exact) mass is 294 g/mol. The molecule has 0 amide bonds. The Bertz CT molecular complexity index is 652. The fourth-order valence-electron chi connectivity index (χ4n) is 2.20. The Hall–Kier alpha value is -1.95. The molecule has 1 aliphatic heterocycles. The SMILES string of the molecule is CCOc1nc(Cl)nc(N2CCc3ccc(F)cc32)n1. The Morgan fingerprint density at radius 2 is 2.20 bits per heavy atom. The zero-order chi connectivity index (χ0) is 14.1. The third-order valence-electron chi connectivity index (χ3n) is 3.03. The second kappa shape index (κ2) is 5.20. The molecule has 2 aromatic rings. The summed E-state index contributed by atoms with van der Waals surface area (Å²) in [6.45, 7) is 2.94. The van der Waals surface area contributed by atoms with Crippen LogP contribution < -0.4 is 9.64 Å². The average Bonchev–Trinajstić information content (AvgIpc) is 2.81. The minimum Gasteiger partial charge on any atom is -0.464 e. The molecule has 0 bridgehead atoms. The maximum atomic E-state index is 13.4. The zero-order valence-corrected chi connectivity index (χ0v) is 11.6. The van der Waals surface area contributed by atoms with Crippen molar-refractivity contribution < 1.29 is 9.13 Å². The molecule has 0 spiro atoms. The van der Waals surface area contributed by atoms with E-state index in [1.165, 1.54) is 12.1 Å². The van der Waals surface area contributed by atoms with Crippen LogP contribution >= 0.6 is 11.6 Å². The van der Waals surface area contributed by atoms with Gasteiger partial charge < -0.3 is 9.64 Å². The first-order valence-electron chi connectivity index (χ1n) is 6.27. The highest BCUT2D eigenvalue weighted by Crippen LogP contribution is 2.33. The van der Waals surface area contributed by atoms with E-state index in [-0.39, 0.29) is 17.1 Å². The first-order valence-corrected chi connectivity index (χ1v) is 6.65. The van der Waals surface area contributed by atoms with Crippen molar-refractivity contribution in [1.82, 2.24) is 15.0 Å². The molecular formula is C13H12ClFN4O. The molecule has 0 radical (unpaired) electrons. The molecule has 5 nitrogen and oxygen atoms in total. The lowest BCUT2D eigenvalue weighted by atomic mass is 10.2. The minimum atomic E-state index is -0.291. The largest absolute Gasteiger partial charge is 0.464 e. The maximum absolute atomic E-state index is 13.4. The summed E-state index contributed by atoms with van der Waals surface area (Å²) in [5.41, 5.74) is 1.82. The van der Waals surface area contributed by atoms with Gasteiger partial charge in [-0.3, -0.25) is 0 Å². The van der Waals surface area contributed by atoms with E-state index in [1.807, 2.05) is 11.8 Å². The average molecular weight is 295 g/mol. The predicted molar refractivity (Wildman–Crippen MR) is 73.1 cm³/mol. The van der Waals surface area contributed by atoms with E-state index < -0.39 is 0 Å². The van der Waals surface area contributed by atoms with Crippen molar-refractivity contribution in [3.05, 3.63) is 34.9 Å². The highest BCUT2D eigenvalue weighted by Gasteiger charge is 2.24. The lowest BCUT2D eigenvalue weighted by Gasteiger charge is -2.17. The Labute approximate surface area is 120 Å². The van der Waals surface area contributed by atoms with E-state index in [1.54, 1.807) is 6.07 Å². The van der Waals surface area contributed by atoms with Gasteiger partial charge in [0.15, 0.2) is 0 Å². The van der Waals surface area contributed by atoms with Gasteiger partial charge in [-0.05, 0) is 42.6 Å². The van der Waals surface area contributed by atoms with Crippen LogP contribution in [0.3, 0.4) is 0 Å². The summed E-state index contributed by atoms with van der Waals surface area (Å²) in [7, 11) is 0. The summed E-state index contributed by atoms with van der Waals surface area (Å²) in [5, 5.41) is 0.0586. The second-order valence-electron chi connectivity index (χ2n) is 4.29. The van der Waals surface area contributed by atoms with Gasteiger partial charge in [-0.1, -0.05) is 6.07 Å². The number of aromatic nitrogens is 3. The number of hydrogen-bond acceptors (Lipinski definition) is 5. The van der Waals surface area contributed by atoms with Crippen molar-refractivity contribution in [2.24, 2.45) is 0 Å². The number of rotatable bonds is 3. The summed E-state index contributed by atoms with van der Waals surface area (Å²) < 4.78 is 18.7. The number of anilines is 2. The first kappa shape index (κ1) is 13.1. The third-order valence-corrected chi connectivity index (χ3v) is 3.20. The normalized spacial score (nSPS) is 13.4. The molecule has 0 atom stereocenters. The zero-order valence-electron chi connectivity index (χ0n) is 10.8. The standard InChI is InChI=1S/C13H12ClFN4O/c1-2-20-13-17-11(14)16-12(18-13)19-6-5-8-3-4-9(15)7-10(8)19/h3-4,7H,2,5-6H2,1H3. The Kier molecular flexibility index (Phi) is 3.40. The molecule has 7 heteroatoms. The van der Waals surface area contributed by atoms with Crippen LogP contribution in [-0.2, 0) is 6.42 Å². The van der Waals surface area contributed by atoms with Gasteiger partial charge in [0.2, 0.25) is 11.2 Å². The third kappa shape index (κ3) is 2.38. The lowest BCUT2D eigenvalue weighted by Crippen LogP contribution is -2.17. The molecule has 1 aliphatic rings. The Morgan fingerprint density at radius 3 is 3.00 bits per heavy atom. The fourth-order valence-corrected chi connectivity index (χ4v) is 2.34. The number of hydrogen-bond donors (Lipinski definition) is 0. The van der Waals surface area contributed by atoms with E-state index in [4.69, 9.17) is 16.3 Å². The summed E-state index contributed by atoms with van der Waals surface area (Å²) in [6.07, 6.45) is 0.808. The van der Waals surface area contributed by atoms with Crippen LogP contribution in [0, 0.1) is 5.82 Å². The molecule has 1 aromatic carbocycles. The maximum Gasteiger partial charge on any atom is 0.322 e. The number of benzene rings is 1. The quantitative estimate of drug-likeness (QED) is 0.871. The van der Waals surface area contributed by atoms with Crippen LogP contribution in [0.1, 0.15) is 12.5 Å². The molecule has 0 N–H and O–H groups in total. The molecule has 0 fully saturated rings. The van der Waals surface area contributed by atoms with Crippen molar-refractivity contribution in [1.29, 1.82) is 0 Å². The highest BCUT2D eigenvalue weighted by atomic mass is 35.5. The Morgan fingerprint density at radius 1 is 1.35 bits per heavy atom. The van der Waals surface area contributed by atoms with Gasteiger partial charge >= 0.3 is 6.01 Å². The smallest absolute Gasteiger partial charge is 0.322 e. The van der Waals surface area contributed by atoms with Gasteiger partial charge in [0.05, 0.1) is 12.3 Å². The van der Waals surface area contributed by atoms with Crippen LogP contribution in [0.4, 0.5) is 16.0 Å². The topological polar surface area (TPSA) is 51.1 Å². The molecule has 0 unspecified atom stereocenters. The highest BCUT2D eigenvalue weighted by molar-refractivity contribution is 6.28. The van der Waals surface area contributed by atoms with Gasteiger partial charge in [0, 0.05) is 6.54 Å². The molecule has 20 heavy (non-hydrogen) atoms. The molecule has 0 saturated heterocycles. The van der Waals surface area contributed by atoms with Gasteiger partial charge in [-0.15, -0.1) is 0 Å². The molecule has 2 heterocycles. The van der Waals surface area contributed by atoms with E-state index in [0.29, 0.717) is 19.1 Å². The van der Waals surface area contributed by atoms with Crippen LogP contribution in [0.25, 0.3) is 0 Å². The summed E-state index contributed by atoms with van der Waals surface area (Å²) in [5.74, 6) is 0.0821. The predicted octanol–water partition coefficient (Wildman–Crippen LogP) is 2.76. The number of halogens is 2. The molecule has 1 aromatic heterocycles. The van der Waals surface area contributed by atoms with Gasteiger partial charge in [-0.2, -0.15) is 15.0 Å². The molecular weight excluding hydrogens is 283 g/mol. The second-order valence-corrected chi connectivity index (χ2v) is 4.63. The molecule has 3 rings (SSSR count). The first-order chi connectivity index (χ1) is 9.67. The van der Waals surface area contributed by atoms with Crippen molar-refractivity contribution in [2.45, 2.75) is 13.3 Å². The van der Waals surface area contributed by atoms with Crippen LogP contribution in [-0.4, -0.2) is 28.1 Å². The van der Waals surface area contributed by atoms with E-state index >= 15 is 0 Å². The summed E-state index contributed by atoms with van der Waals surface area (Å²) >= 11 is 5.88. The summed E-state index contributed by atoms with van der Waals surface area (Å²) in [4.78, 5) is 14.0. The van der Waals surface area contributed by atoms with E-state index in [2.05, 4.69) is 15.0 Å². The van der Waals surface area contributed by atoms with Crippen molar-refractivity contribution in [2.75, 3.05) is 18.1 Å². The van der Waals surface area contributed by atoms with Crippen LogP contribution in [0.2, 0.25) is 5.28 Å². The van der Waals surface area contributed by atoms with E-state index in [9.17, 15) is 4.39 Å². The fraction of sp³-hybridized carbons (Fsp3) is 0.308. The Balaban J connectivity index is 2.01. The molecule has 0 aliphatic carbocycles. The van der Waals surface area contributed by atoms with Gasteiger partial charge in [0.1, 0.15) is 5.82 Å². The van der Waals surface area contributed by atoms with Crippen molar-refractivity contribution in [3.8, 4) is 6.01 Å². The van der Waals surface area contributed by atoms with Crippen molar-refractivity contribution >= 4 is 23.2 Å². The van der Waals surface area contributed by atoms with Crippen LogP contribution in [0.15, 0.2) is 18.2 Å². The summed E-state index contributed by atoms with van der Waals surface area (Å²) in [6, 6.07) is 4.87.